The Morgan fingerprint density at radius 1 is 1.25 bits per heavy atom. The number of allylic oxidation sites excluding steroid dienone is 1. The van der Waals surface area contributed by atoms with Gasteiger partial charge in [0.25, 0.3) is 0 Å². The number of aryl methyl sites for hydroxylation is 1. The molecule has 1 saturated heterocycles. The van der Waals surface area contributed by atoms with Gasteiger partial charge in [-0.25, -0.2) is 13.2 Å². The molecular formula is C19H23F3O2. The molecule has 0 saturated carbocycles. The zero-order valence-electron chi connectivity index (χ0n) is 13.9. The van der Waals surface area contributed by atoms with Crippen LogP contribution in [0.1, 0.15) is 37.3 Å². The van der Waals surface area contributed by atoms with Gasteiger partial charge in [0.05, 0.1) is 13.2 Å². The molecule has 2 nitrogen and oxygen atoms in total. The number of hydrogen-bond acceptors (Lipinski definition) is 2. The molecule has 5 heteroatoms. The van der Waals surface area contributed by atoms with Gasteiger partial charge in [0.1, 0.15) is 0 Å². The van der Waals surface area contributed by atoms with E-state index in [0.717, 1.165) is 0 Å². The molecule has 24 heavy (non-hydrogen) atoms. The fourth-order valence-electron chi connectivity index (χ4n) is 2.62. The standard InChI is InChI=1S/C19H23F3O2/c1-3-5-6-14-7-8-15(18(21)17(14)20)9-10-16-23-12-19(22,11-4-2)13-24-16/h3,7-10,16H,1,4-6,11-13H2,2H3. The second kappa shape index (κ2) is 8.49. The van der Waals surface area contributed by atoms with Crippen LogP contribution in [0.3, 0.4) is 0 Å². The van der Waals surface area contributed by atoms with E-state index in [1.165, 1.54) is 18.2 Å². The fourth-order valence-corrected chi connectivity index (χ4v) is 2.62. The van der Waals surface area contributed by atoms with Crippen LogP contribution in [-0.4, -0.2) is 25.2 Å². The van der Waals surface area contributed by atoms with Crippen LogP contribution >= 0.6 is 0 Å². The predicted octanol–water partition coefficient (Wildman–Crippen LogP) is 4.98. The number of halogens is 3. The highest BCUT2D eigenvalue weighted by molar-refractivity contribution is 5.51. The van der Waals surface area contributed by atoms with E-state index in [1.54, 1.807) is 12.1 Å². The zero-order valence-corrected chi connectivity index (χ0v) is 13.9. The summed E-state index contributed by atoms with van der Waals surface area (Å²) in [6.07, 6.45) is 5.82. The third-order valence-corrected chi connectivity index (χ3v) is 3.95. The molecule has 0 radical (unpaired) electrons. The molecule has 0 bridgehead atoms. The van der Waals surface area contributed by atoms with Crippen molar-refractivity contribution in [2.45, 2.75) is 44.6 Å². The topological polar surface area (TPSA) is 18.5 Å². The summed E-state index contributed by atoms with van der Waals surface area (Å²) in [4.78, 5) is 0. The molecule has 1 fully saturated rings. The highest BCUT2D eigenvalue weighted by Gasteiger charge is 2.35. The first-order valence-electron chi connectivity index (χ1n) is 8.17. The third kappa shape index (κ3) is 4.71. The minimum atomic E-state index is -1.47. The van der Waals surface area contributed by atoms with Gasteiger partial charge in [-0.1, -0.05) is 37.6 Å². The summed E-state index contributed by atoms with van der Waals surface area (Å²) in [6.45, 7) is 5.33. The zero-order chi connectivity index (χ0) is 17.6. The minimum Gasteiger partial charge on any atom is -0.346 e. The normalized spacial score (nSPS) is 24.4. The average Bonchev–Trinajstić information content (AvgIpc) is 2.57. The molecule has 1 heterocycles. The largest absolute Gasteiger partial charge is 0.346 e. The summed E-state index contributed by atoms with van der Waals surface area (Å²) >= 11 is 0. The maximum absolute atomic E-state index is 14.2. The Labute approximate surface area is 141 Å². The molecule has 2 rings (SSSR count). The number of hydrogen-bond donors (Lipinski definition) is 0. The molecule has 1 aromatic rings. The molecule has 1 aromatic carbocycles. The lowest BCUT2D eigenvalue weighted by molar-refractivity contribution is -0.212. The fraction of sp³-hybridized carbons (Fsp3) is 0.474. The van der Waals surface area contributed by atoms with Crippen molar-refractivity contribution < 1.29 is 22.6 Å². The number of ether oxygens (including phenoxy) is 2. The number of alkyl halides is 1. The summed E-state index contributed by atoms with van der Waals surface area (Å²) in [5.74, 6) is -1.76. The van der Waals surface area contributed by atoms with E-state index < -0.39 is 23.6 Å². The molecule has 0 N–H and O–H groups in total. The third-order valence-electron chi connectivity index (χ3n) is 3.95. The minimum absolute atomic E-state index is 0.0623. The molecule has 0 amide bonds. The molecule has 0 spiro atoms. The molecule has 0 aromatic heterocycles. The Balaban J connectivity index is 2.00. The molecule has 132 valence electrons. The van der Waals surface area contributed by atoms with Crippen LogP contribution in [0, 0.1) is 11.6 Å². The number of benzene rings is 1. The quantitative estimate of drug-likeness (QED) is 0.652. The van der Waals surface area contributed by atoms with Crippen molar-refractivity contribution >= 4 is 6.08 Å². The Kier molecular flexibility index (Phi) is 6.63. The van der Waals surface area contributed by atoms with Gasteiger partial charge in [-0.05, 0) is 30.9 Å². The van der Waals surface area contributed by atoms with Crippen LogP contribution in [0.5, 0.6) is 0 Å². The van der Waals surface area contributed by atoms with Crippen molar-refractivity contribution in [2.75, 3.05) is 13.2 Å². The second-order valence-corrected chi connectivity index (χ2v) is 6.02. The maximum Gasteiger partial charge on any atom is 0.177 e. The van der Waals surface area contributed by atoms with E-state index in [2.05, 4.69) is 6.58 Å². The Morgan fingerprint density at radius 2 is 1.96 bits per heavy atom. The smallest absolute Gasteiger partial charge is 0.177 e. The predicted molar refractivity (Wildman–Crippen MR) is 88.3 cm³/mol. The number of rotatable bonds is 7. The lowest BCUT2D eigenvalue weighted by Gasteiger charge is -2.32. The second-order valence-electron chi connectivity index (χ2n) is 6.02. The monoisotopic (exact) mass is 340 g/mol. The van der Waals surface area contributed by atoms with Crippen molar-refractivity contribution in [3.63, 3.8) is 0 Å². The lowest BCUT2D eigenvalue weighted by atomic mass is 10.0. The van der Waals surface area contributed by atoms with Gasteiger partial charge in [0, 0.05) is 5.56 Å². The Bertz CT molecular complexity index is 591. The maximum atomic E-state index is 14.2. The highest BCUT2D eigenvalue weighted by Crippen LogP contribution is 2.26. The summed E-state index contributed by atoms with van der Waals surface area (Å²) < 4.78 is 52.8. The molecule has 1 aliphatic rings. The Morgan fingerprint density at radius 3 is 2.58 bits per heavy atom. The van der Waals surface area contributed by atoms with E-state index in [-0.39, 0.29) is 18.8 Å². The van der Waals surface area contributed by atoms with Crippen molar-refractivity contribution in [1.82, 2.24) is 0 Å². The highest BCUT2D eigenvalue weighted by atomic mass is 19.2. The average molecular weight is 340 g/mol. The Hall–Kier alpha value is -1.59. The van der Waals surface area contributed by atoms with Crippen molar-refractivity contribution in [3.8, 4) is 0 Å². The van der Waals surface area contributed by atoms with E-state index in [4.69, 9.17) is 9.47 Å². The van der Waals surface area contributed by atoms with Crippen LogP contribution < -0.4 is 0 Å². The van der Waals surface area contributed by atoms with Gasteiger partial charge < -0.3 is 9.47 Å². The molecule has 1 aliphatic heterocycles. The summed E-state index contributed by atoms with van der Waals surface area (Å²) in [7, 11) is 0. The van der Waals surface area contributed by atoms with Gasteiger partial charge in [0.15, 0.2) is 23.6 Å². The molecule has 0 aliphatic carbocycles. The SMILES string of the molecule is C=CCCc1ccc(C=CC2OCC(F)(CCC)CO2)c(F)c1F. The van der Waals surface area contributed by atoms with Gasteiger partial charge in [-0.3, -0.25) is 0 Å². The van der Waals surface area contributed by atoms with E-state index in [0.29, 0.717) is 31.2 Å². The van der Waals surface area contributed by atoms with Crippen molar-refractivity contribution in [1.29, 1.82) is 0 Å². The van der Waals surface area contributed by atoms with Crippen LogP contribution in [0.15, 0.2) is 30.9 Å². The first-order chi connectivity index (χ1) is 11.5. The van der Waals surface area contributed by atoms with Crippen molar-refractivity contribution in [3.05, 3.63) is 53.6 Å². The van der Waals surface area contributed by atoms with Gasteiger partial charge >= 0.3 is 0 Å². The molecular weight excluding hydrogens is 317 g/mol. The van der Waals surface area contributed by atoms with Crippen LogP contribution in [0.25, 0.3) is 6.08 Å². The van der Waals surface area contributed by atoms with Crippen LogP contribution in [0.4, 0.5) is 13.2 Å². The summed E-state index contributed by atoms with van der Waals surface area (Å²) in [5.41, 5.74) is -1.05. The first kappa shape index (κ1) is 18.7. The van der Waals surface area contributed by atoms with Gasteiger partial charge in [-0.15, -0.1) is 6.58 Å². The van der Waals surface area contributed by atoms with Crippen molar-refractivity contribution in [2.24, 2.45) is 0 Å². The van der Waals surface area contributed by atoms with E-state index in [9.17, 15) is 13.2 Å². The van der Waals surface area contributed by atoms with Crippen LogP contribution in [0.2, 0.25) is 0 Å². The van der Waals surface area contributed by atoms with E-state index in [1.807, 2.05) is 6.92 Å². The molecule has 0 atom stereocenters. The first-order valence-corrected chi connectivity index (χ1v) is 8.17. The summed E-state index contributed by atoms with van der Waals surface area (Å²) in [6, 6.07) is 3.06. The van der Waals surface area contributed by atoms with Gasteiger partial charge in [-0.2, -0.15) is 0 Å². The molecule has 0 unspecified atom stereocenters. The van der Waals surface area contributed by atoms with E-state index >= 15 is 0 Å². The van der Waals surface area contributed by atoms with Crippen LogP contribution in [-0.2, 0) is 15.9 Å². The van der Waals surface area contributed by atoms with Gasteiger partial charge in [0.2, 0.25) is 0 Å². The lowest BCUT2D eigenvalue weighted by Crippen LogP contribution is -2.43. The summed E-state index contributed by atoms with van der Waals surface area (Å²) in [5, 5.41) is 0.